The van der Waals surface area contributed by atoms with Gasteiger partial charge in [0.1, 0.15) is 6.61 Å². The van der Waals surface area contributed by atoms with Crippen LogP contribution in [0.2, 0.25) is 5.02 Å². The molecule has 5 heteroatoms. The molecule has 0 fully saturated rings. The first-order chi connectivity index (χ1) is 13.6. The Hall–Kier alpha value is -3.11. The number of benzene rings is 3. The van der Waals surface area contributed by atoms with E-state index in [0.717, 1.165) is 16.3 Å². The van der Waals surface area contributed by atoms with Crippen LogP contribution in [0, 0.1) is 0 Å². The fourth-order valence-corrected chi connectivity index (χ4v) is 4.37. The zero-order valence-electron chi connectivity index (χ0n) is 14.9. The molecule has 1 atom stereocenters. The molecule has 1 amide bonds. The van der Waals surface area contributed by atoms with E-state index in [0.29, 0.717) is 22.0 Å². The average Bonchev–Trinajstić information content (AvgIpc) is 3.08. The molecule has 2 heterocycles. The number of hydrogen-bond acceptors (Lipinski definition) is 3. The van der Waals surface area contributed by atoms with Crippen LogP contribution in [0.15, 0.2) is 78.0 Å². The maximum Gasteiger partial charge on any atom is 0.336 e. The zero-order chi connectivity index (χ0) is 19.3. The number of rotatable bonds is 2. The first kappa shape index (κ1) is 17.0. The third kappa shape index (κ3) is 2.60. The van der Waals surface area contributed by atoms with E-state index >= 15 is 0 Å². The van der Waals surface area contributed by atoms with Crippen LogP contribution in [0.1, 0.15) is 17.9 Å². The topological polar surface area (TPSA) is 46.6 Å². The van der Waals surface area contributed by atoms with Crippen molar-refractivity contribution < 1.29 is 14.3 Å². The summed E-state index contributed by atoms with van der Waals surface area (Å²) in [5.41, 5.74) is 2.81. The Kier molecular flexibility index (Phi) is 3.95. The second kappa shape index (κ2) is 6.50. The van der Waals surface area contributed by atoms with Gasteiger partial charge in [0, 0.05) is 17.4 Å². The van der Waals surface area contributed by atoms with Crippen LogP contribution < -0.4 is 4.90 Å². The van der Waals surface area contributed by atoms with Crippen molar-refractivity contribution in [1.82, 2.24) is 0 Å². The van der Waals surface area contributed by atoms with E-state index in [-0.39, 0.29) is 30.8 Å². The van der Waals surface area contributed by atoms with Gasteiger partial charge in [0.05, 0.1) is 17.0 Å². The lowest BCUT2D eigenvalue weighted by Crippen LogP contribution is -2.37. The summed E-state index contributed by atoms with van der Waals surface area (Å²) in [6, 6.07) is 21.1. The third-order valence-corrected chi connectivity index (χ3v) is 5.62. The largest absolute Gasteiger partial charge is 0.456 e. The molecular formula is C23H16ClNO3. The Morgan fingerprint density at radius 3 is 2.61 bits per heavy atom. The molecule has 0 bridgehead atoms. The number of cyclic esters (lactones) is 1. The smallest absolute Gasteiger partial charge is 0.336 e. The summed E-state index contributed by atoms with van der Waals surface area (Å²) in [6.45, 7) is 0.0910. The van der Waals surface area contributed by atoms with Gasteiger partial charge in [0.25, 0.3) is 0 Å². The van der Waals surface area contributed by atoms with Crippen molar-refractivity contribution in [2.45, 2.75) is 12.3 Å². The summed E-state index contributed by atoms with van der Waals surface area (Å²) in [5.74, 6) is -0.747. The minimum absolute atomic E-state index is 0.0720. The monoisotopic (exact) mass is 389 g/mol. The van der Waals surface area contributed by atoms with Crippen LogP contribution in [0.3, 0.4) is 0 Å². The van der Waals surface area contributed by atoms with Gasteiger partial charge in [0.15, 0.2) is 0 Å². The van der Waals surface area contributed by atoms with Crippen molar-refractivity contribution in [3.63, 3.8) is 0 Å². The molecule has 0 saturated carbocycles. The van der Waals surface area contributed by atoms with E-state index in [1.807, 2.05) is 48.5 Å². The van der Waals surface area contributed by atoms with Gasteiger partial charge in [-0.1, -0.05) is 60.1 Å². The number of esters is 1. The number of anilines is 1. The fraction of sp³-hybridized carbons (Fsp3) is 0.130. The van der Waals surface area contributed by atoms with Gasteiger partial charge < -0.3 is 4.74 Å². The Bertz CT molecular complexity index is 1160. The molecular weight excluding hydrogens is 374 g/mol. The molecule has 0 saturated heterocycles. The van der Waals surface area contributed by atoms with E-state index in [2.05, 4.69) is 0 Å². The van der Waals surface area contributed by atoms with Crippen LogP contribution >= 0.6 is 11.6 Å². The van der Waals surface area contributed by atoms with Crippen molar-refractivity contribution in [2.75, 3.05) is 11.5 Å². The van der Waals surface area contributed by atoms with Crippen molar-refractivity contribution in [2.24, 2.45) is 0 Å². The lowest BCUT2D eigenvalue weighted by Gasteiger charge is -2.32. The molecule has 4 nitrogen and oxygen atoms in total. The SMILES string of the molecule is O=C1OCC2=C1C(c1cccc3ccccc13)CC(=O)N2c1cccc(Cl)c1. The summed E-state index contributed by atoms with van der Waals surface area (Å²) in [7, 11) is 0. The summed E-state index contributed by atoms with van der Waals surface area (Å²) in [5, 5.41) is 2.66. The van der Waals surface area contributed by atoms with Crippen molar-refractivity contribution in [3.8, 4) is 0 Å². The van der Waals surface area contributed by atoms with Gasteiger partial charge in [-0.2, -0.15) is 0 Å². The molecule has 138 valence electrons. The van der Waals surface area contributed by atoms with Gasteiger partial charge >= 0.3 is 5.97 Å². The van der Waals surface area contributed by atoms with Gasteiger partial charge in [-0.25, -0.2) is 4.79 Å². The Labute approximate surface area is 167 Å². The van der Waals surface area contributed by atoms with Gasteiger partial charge in [-0.05, 0) is 34.5 Å². The normalized spacial score (nSPS) is 19.2. The van der Waals surface area contributed by atoms with Gasteiger partial charge in [-0.3, -0.25) is 9.69 Å². The maximum absolute atomic E-state index is 13.2. The fourth-order valence-electron chi connectivity index (χ4n) is 4.19. The predicted octanol–water partition coefficient (Wildman–Crippen LogP) is 4.82. The Morgan fingerprint density at radius 2 is 1.75 bits per heavy atom. The lowest BCUT2D eigenvalue weighted by atomic mass is 9.82. The molecule has 5 rings (SSSR count). The van der Waals surface area contributed by atoms with Crippen LogP contribution in [-0.4, -0.2) is 18.5 Å². The molecule has 0 aromatic heterocycles. The molecule has 0 radical (unpaired) electrons. The highest BCUT2D eigenvalue weighted by Crippen LogP contribution is 2.43. The highest BCUT2D eigenvalue weighted by molar-refractivity contribution is 6.31. The van der Waals surface area contributed by atoms with Crippen LogP contribution in [0.5, 0.6) is 0 Å². The molecule has 2 aliphatic rings. The number of ether oxygens (including phenoxy) is 1. The van der Waals surface area contributed by atoms with Crippen molar-refractivity contribution >= 4 is 39.9 Å². The van der Waals surface area contributed by atoms with E-state index in [9.17, 15) is 9.59 Å². The lowest BCUT2D eigenvalue weighted by molar-refractivity contribution is -0.136. The minimum atomic E-state index is -0.354. The summed E-state index contributed by atoms with van der Waals surface area (Å²) >= 11 is 6.12. The number of nitrogens with zero attached hydrogens (tertiary/aromatic N) is 1. The maximum atomic E-state index is 13.2. The van der Waals surface area contributed by atoms with E-state index in [1.165, 1.54) is 0 Å². The zero-order valence-corrected chi connectivity index (χ0v) is 15.6. The number of amides is 1. The third-order valence-electron chi connectivity index (χ3n) is 5.38. The number of fused-ring (bicyclic) bond motifs is 1. The van der Waals surface area contributed by atoms with Gasteiger partial charge in [-0.15, -0.1) is 0 Å². The summed E-state index contributed by atoms with van der Waals surface area (Å²) in [6.07, 6.45) is 0.203. The number of carbonyl (C=O) groups excluding carboxylic acids is 2. The number of carbonyl (C=O) groups is 2. The molecule has 3 aromatic carbocycles. The molecule has 0 N–H and O–H groups in total. The molecule has 3 aromatic rings. The number of halogens is 1. The quantitative estimate of drug-likeness (QED) is 0.590. The Morgan fingerprint density at radius 1 is 0.964 bits per heavy atom. The van der Waals surface area contributed by atoms with E-state index < -0.39 is 0 Å². The highest BCUT2D eigenvalue weighted by Gasteiger charge is 2.43. The first-order valence-electron chi connectivity index (χ1n) is 9.10. The first-order valence-corrected chi connectivity index (χ1v) is 9.47. The molecule has 1 unspecified atom stereocenters. The van der Waals surface area contributed by atoms with Crippen LogP contribution in [-0.2, 0) is 14.3 Å². The predicted molar refractivity (Wildman–Crippen MR) is 108 cm³/mol. The summed E-state index contributed by atoms with van der Waals surface area (Å²) < 4.78 is 5.35. The second-order valence-corrected chi connectivity index (χ2v) is 7.41. The standard InChI is InChI=1S/C23H16ClNO3/c24-15-7-4-8-16(11-15)25-20-13-28-23(27)22(20)19(12-21(25)26)18-10-3-6-14-5-1-2-9-17(14)18/h1-11,19H,12-13H2. The van der Waals surface area contributed by atoms with E-state index in [4.69, 9.17) is 16.3 Å². The average molecular weight is 390 g/mol. The molecule has 0 spiro atoms. The minimum Gasteiger partial charge on any atom is -0.456 e. The number of hydrogen-bond donors (Lipinski definition) is 0. The van der Waals surface area contributed by atoms with Crippen molar-refractivity contribution in [3.05, 3.63) is 88.6 Å². The Balaban J connectivity index is 1.69. The van der Waals surface area contributed by atoms with Gasteiger partial charge in [0.2, 0.25) is 5.91 Å². The molecule has 0 aliphatic carbocycles. The van der Waals surface area contributed by atoms with E-state index in [1.54, 1.807) is 23.1 Å². The van der Waals surface area contributed by atoms with Crippen molar-refractivity contribution in [1.29, 1.82) is 0 Å². The molecule has 28 heavy (non-hydrogen) atoms. The molecule has 2 aliphatic heterocycles. The van der Waals surface area contributed by atoms with Crippen LogP contribution in [0.25, 0.3) is 10.8 Å². The second-order valence-electron chi connectivity index (χ2n) is 6.97. The van der Waals surface area contributed by atoms with Crippen LogP contribution in [0.4, 0.5) is 5.69 Å². The highest BCUT2D eigenvalue weighted by atomic mass is 35.5. The summed E-state index contributed by atoms with van der Waals surface area (Å²) in [4.78, 5) is 27.4.